The molecule has 1 aromatic heterocycles. The van der Waals surface area contributed by atoms with Crippen molar-refractivity contribution in [2.45, 2.75) is 25.4 Å². The zero-order chi connectivity index (χ0) is 17.6. The minimum Gasteiger partial charge on any atom is -0.337 e. The lowest BCUT2D eigenvalue weighted by Crippen LogP contribution is -2.38. The van der Waals surface area contributed by atoms with Crippen molar-refractivity contribution < 1.29 is 14.1 Å². The van der Waals surface area contributed by atoms with E-state index in [0.717, 1.165) is 11.3 Å². The second-order valence-corrected chi connectivity index (χ2v) is 6.42. The van der Waals surface area contributed by atoms with Crippen molar-refractivity contribution in [3.8, 4) is 11.3 Å². The summed E-state index contributed by atoms with van der Waals surface area (Å²) in [6.45, 7) is 0.841. The van der Waals surface area contributed by atoms with Gasteiger partial charge in [0.1, 0.15) is 11.7 Å². The van der Waals surface area contributed by atoms with Crippen LogP contribution in [0.5, 0.6) is 0 Å². The van der Waals surface area contributed by atoms with Gasteiger partial charge < -0.3 is 4.90 Å². The van der Waals surface area contributed by atoms with Crippen LogP contribution >= 0.6 is 0 Å². The summed E-state index contributed by atoms with van der Waals surface area (Å²) in [5.74, 6) is -1.03. The first-order valence-corrected chi connectivity index (χ1v) is 8.06. The summed E-state index contributed by atoms with van der Waals surface area (Å²) in [7, 11) is 0. The lowest BCUT2D eigenvalue weighted by Gasteiger charge is -2.28. The smallest absolute Gasteiger partial charge is 0.233 e. The molecule has 2 atom stereocenters. The molecule has 7 nitrogen and oxygen atoms in total. The van der Waals surface area contributed by atoms with Crippen molar-refractivity contribution in [2.24, 2.45) is 5.92 Å². The highest BCUT2D eigenvalue weighted by molar-refractivity contribution is 5.82. The fourth-order valence-corrected chi connectivity index (χ4v) is 3.22. The summed E-state index contributed by atoms with van der Waals surface area (Å²) in [5, 5.41) is 19.1. The Morgan fingerprint density at radius 1 is 1.32 bits per heavy atom. The third-order valence-electron chi connectivity index (χ3n) is 4.72. The number of amides is 1. The molecule has 1 amide bonds. The SMILES string of the molecule is O=C([C@@H]1C[C@H]1[N+](=O)[O-])N1CCc2nnc(-c3cccc(F)c3)cc2C1. The summed E-state index contributed by atoms with van der Waals surface area (Å²) < 4.78 is 13.4. The van der Waals surface area contributed by atoms with Gasteiger partial charge in [0.05, 0.1) is 11.4 Å². The van der Waals surface area contributed by atoms with E-state index in [1.165, 1.54) is 12.1 Å². The number of benzene rings is 1. The fourth-order valence-electron chi connectivity index (χ4n) is 3.22. The fraction of sp³-hybridized carbons (Fsp3) is 0.353. The molecule has 1 fully saturated rings. The summed E-state index contributed by atoms with van der Waals surface area (Å²) in [5.41, 5.74) is 2.83. The Kier molecular flexibility index (Phi) is 3.67. The molecule has 8 heteroatoms. The number of aromatic nitrogens is 2. The first kappa shape index (κ1) is 15.6. The highest BCUT2D eigenvalue weighted by Crippen LogP contribution is 2.36. The highest BCUT2D eigenvalue weighted by atomic mass is 19.1. The molecule has 2 aliphatic rings. The third kappa shape index (κ3) is 2.95. The van der Waals surface area contributed by atoms with Gasteiger partial charge >= 0.3 is 0 Å². The number of fused-ring (bicyclic) bond motifs is 1. The molecule has 1 aliphatic heterocycles. The van der Waals surface area contributed by atoms with Gasteiger partial charge in [-0.2, -0.15) is 10.2 Å². The van der Waals surface area contributed by atoms with Crippen LogP contribution in [-0.4, -0.2) is 38.5 Å². The number of nitrogens with zero attached hydrogens (tertiary/aromatic N) is 4. The second-order valence-electron chi connectivity index (χ2n) is 6.42. The maximum absolute atomic E-state index is 13.4. The molecule has 0 spiro atoms. The molecule has 4 rings (SSSR count). The average molecular weight is 342 g/mol. The molecule has 2 heterocycles. The molecule has 25 heavy (non-hydrogen) atoms. The van der Waals surface area contributed by atoms with Crippen molar-refractivity contribution in [1.82, 2.24) is 15.1 Å². The minimum atomic E-state index is -0.743. The highest BCUT2D eigenvalue weighted by Gasteiger charge is 2.54. The van der Waals surface area contributed by atoms with E-state index in [0.29, 0.717) is 37.2 Å². The van der Waals surface area contributed by atoms with Crippen molar-refractivity contribution >= 4 is 5.91 Å². The van der Waals surface area contributed by atoms with Crippen LogP contribution in [0.3, 0.4) is 0 Å². The predicted octanol–water partition coefficient (Wildman–Crippen LogP) is 1.83. The number of nitro groups is 1. The van der Waals surface area contributed by atoms with Crippen LogP contribution in [0.2, 0.25) is 0 Å². The molecule has 1 saturated carbocycles. The van der Waals surface area contributed by atoms with Crippen LogP contribution in [0.1, 0.15) is 17.7 Å². The normalized spacial score (nSPS) is 21.6. The first-order valence-electron chi connectivity index (χ1n) is 8.06. The Morgan fingerprint density at radius 2 is 2.16 bits per heavy atom. The van der Waals surface area contributed by atoms with Crippen LogP contribution in [-0.2, 0) is 17.8 Å². The summed E-state index contributed by atoms with van der Waals surface area (Å²) in [6, 6.07) is 7.16. The van der Waals surface area contributed by atoms with E-state index in [2.05, 4.69) is 10.2 Å². The standard InChI is InChI=1S/C17H15FN4O3/c18-12-3-1-2-10(6-12)15-7-11-9-21(5-4-14(11)19-20-15)17(23)13-8-16(13)22(24)25/h1-3,6-7,13,16H,4-5,8-9H2/t13-,16-/m1/s1. The van der Waals surface area contributed by atoms with Crippen molar-refractivity contribution in [2.75, 3.05) is 6.54 Å². The van der Waals surface area contributed by atoms with Crippen LogP contribution in [0.15, 0.2) is 30.3 Å². The van der Waals surface area contributed by atoms with Gasteiger partial charge in [-0.05, 0) is 23.8 Å². The Balaban J connectivity index is 1.55. The van der Waals surface area contributed by atoms with Gasteiger partial charge in [0, 0.05) is 36.4 Å². The molecule has 0 N–H and O–H groups in total. The zero-order valence-electron chi connectivity index (χ0n) is 13.3. The Bertz CT molecular complexity index is 873. The van der Waals surface area contributed by atoms with E-state index in [1.54, 1.807) is 17.0 Å². The quantitative estimate of drug-likeness (QED) is 0.627. The Labute approximate surface area is 142 Å². The van der Waals surface area contributed by atoms with E-state index in [9.17, 15) is 19.3 Å². The second kappa shape index (κ2) is 5.87. The van der Waals surface area contributed by atoms with Gasteiger partial charge in [-0.15, -0.1) is 0 Å². The number of halogens is 1. The topological polar surface area (TPSA) is 89.2 Å². The van der Waals surface area contributed by atoms with E-state index in [-0.39, 0.29) is 16.6 Å². The van der Waals surface area contributed by atoms with E-state index in [1.807, 2.05) is 6.07 Å². The van der Waals surface area contributed by atoms with Crippen molar-refractivity contribution in [3.63, 3.8) is 0 Å². The van der Waals surface area contributed by atoms with Crippen LogP contribution in [0, 0.1) is 21.8 Å². The van der Waals surface area contributed by atoms with Crippen molar-refractivity contribution in [3.05, 3.63) is 57.5 Å². The Hall–Kier alpha value is -2.90. The Morgan fingerprint density at radius 3 is 2.88 bits per heavy atom. The van der Waals surface area contributed by atoms with E-state index in [4.69, 9.17) is 0 Å². The molecule has 128 valence electrons. The lowest BCUT2D eigenvalue weighted by molar-refractivity contribution is -0.497. The first-order chi connectivity index (χ1) is 12.0. The molecule has 0 unspecified atom stereocenters. The molecule has 1 aliphatic carbocycles. The van der Waals surface area contributed by atoms with Gasteiger partial charge in [0.2, 0.25) is 11.9 Å². The van der Waals surface area contributed by atoms with Crippen LogP contribution in [0.4, 0.5) is 4.39 Å². The van der Waals surface area contributed by atoms with Gasteiger partial charge in [0.25, 0.3) is 0 Å². The molecular formula is C17H15FN4O3. The monoisotopic (exact) mass is 342 g/mol. The number of hydrogen-bond acceptors (Lipinski definition) is 5. The van der Waals surface area contributed by atoms with E-state index >= 15 is 0 Å². The number of rotatable bonds is 3. The summed E-state index contributed by atoms with van der Waals surface area (Å²) >= 11 is 0. The third-order valence-corrected chi connectivity index (χ3v) is 4.72. The summed E-state index contributed by atoms with van der Waals surface area (Å²) in [4.78, 5) is 24.5. The average Bonchev–Trinajstić information content (AvgIpc) is 3.41. The molecule has 0 bridgehead atoms. The maximum Gasteiger partial charge on any atom is 0.233 e. The van der Waals surface area contributed by atoms with Gasteiger partial charge in [-0.3, -0.25) is 14.9 Å². The number of carbonyl (C=O) groups is 1. The largest absolute Gasteiger partial charge is 0.337 e. The van der Waals surface area contributed by atoms with E-state index < -0.39 is 12.0 Å². The molecular weight excluding hydrogens is 327 g/mol. The predicted molar refractivity (Wildman–Crippen MR) is 85.4 cm³/mol. The molecule has 0 saturated heterocycles. The van der Waals surface area contributed by atoms with Crippen LogP contribution < -0.4 is 0 Å². The lowest BCUT2D eigenvalue weighted by atomic mass is 10.0. The molecule has 0 radical (unpaired) electrons. The van der Waals surface area contributed by atoms with Crippen LogP contribution in [0.25, 0.3) is 11.3 Å². The molecule has 1 aromatic carbocycles. The molecule has 2 aromatic rings. The number of carbonyl (C=O) groups excluding carboxylic acids is 1. The van der Waals surface area contributed by atoms with Gasteiger partial charge in [0.15, 0.2) is 0 Å². The van der Waals surface area contributed by atoms with Crippen molar-refractivity contribution in [1.29, 1.82) is 0 Å². The van der Waals surface area contributed by atoms with Gasteiger partial charge in [-0.1, -0.05) is 12.1 Å². The maximum atomic E-state index is 13.4. The van der Waals surface area contributed by atoms with Gasteiger partial charge in [-0.25, -0.2) is 4.39 Å². The number of hydrogen-bond donors (Lipinski definition) is 0. The minimum absolute atomic E-state index is 0.170. The zero-order valence-corrected chi connectivity index (χ0v) is 13.3. The summed E-state index contributed by atoms with van der Waals surface area (Å²) in [6.07, 6.45) is 0.881.